The first-order chi connectivity index (χ1) is 12.4. The number of carbonyl (C=O) groups is 2. The summed E-state index contributed by atoms with van der Waals surface area (Å²) in [5, 5.41) is 7.65. The van der Waals surface area contributed by atoms with Gasteiger partial charge in [-0.05, 0) is 63.4 Å². The molecule has 0 aliphatic carbocycles. The summed E-state index contributed by atoms with van der Waals surface area (Å²) in [6.07, 6.45) is 0. The Morgan fingerprint density at radius 1 is 1.00 bits per heavy atom. The number of benzene rings is 1. The van der Waals surface area contributed by atoms with Crippen LogP contribution in [0.1, 0.15) is 47.7 Å². The Morgan fingerprint density at radius 3 is 2.19 bits per heavy atom. The zero-order chi connectivity index (χ0) is 19.1. The van der Waals surface area contributed by atoms with Gasteiger partial charge in [0.05, 0.1) is 4.88 Å². The molecule has 0 fully saturated rings. The molecule has 1 aromatic heterocycles. The summed E-state index contributed by atoms with van der Waals surface area (Å²) in [6, 6.07) is 11.4. The molecular weight excluding hydrogens is 346 g/mol. The lowest BCUT2D eigenvalue weighted by Gasteiger charge is -2.30. The third kappa shape index (κ3) is 5.68. The van der Waals surface area contributed by atoms with E-state index in [1.807, 2.05) is 11.4 Å². The fourth-order valence-corrected chi connectivity index (χ4v) is 3.44. The average molecular weight is 374 g/mol. The minimum absolute atomic E-state index is 0.103. The largest absolute Gasteiger partial charge is 0.351 e. The summed E-state index contributed by atoms with van der Waals surface area (Å²) in [5.41, 5.74) is 1.26. The normalized spacial score (nSPS) is 11.2. The van der Waals surface area contributed by atoms with Crippen molar-refractivity contribution in [1.82, 2.24) is 10.2 Å². The molecule has 1 heterocycles. The van der Waals surface area contributed by atoms with Crippen molar-refractivity contribution >= 4 is 28.8 Å². The Morgan fingerprint density at radius 2 is 1.65 bits per heavy atom. The van der Waals surface area contributed by atoms with Crippen molar-refractivity contribution in [2.75, 3.05) is 18.4 Å². The van der Waals surface area contributed by atoms with Crippen molar-refractivity contribution in [3.05, 3.63) is 52.2 Å². The highest BCUT2D eigenvalue weighted by molar-refractivity contribution is 7.12. The van der Waals surface area contributed by atoms with Crippen LogP contribution >= 0.6 is 11.3 Å². The van der Waals surface area contributed by atoms with E-state index < -0.39 is 0 Å². The molecule has 2 rings (SSSR count). The summed E-state index contributed by atoms with van der Waals surface area (Å²) in [4.78, 5) is 27.3. The van der Waals surface area contributed by atoms with Gasteiger partial charge < -0.3 is 10.6 Å². The van der Waals surface area contributed by atoms with E-state index in [4.69, 9.17) is 0 Å². The summed E-state index contributed by atoms with van der Waals surface area (Å²) in [6.45, 7) is 10.0. The number of thiophene rings is 1. The van der Waals surface area contributed by atoms with Gasteiger partial charge in [-0.3, -0.25) is 14.5 Å². The first kappa shape index (κ1) is 20.1. The monoisotopic (exact) mass is 373 g/mol. The molecule has 26 heavy (non-hydrogen) atoms. The van der Waals surface area contributed by atoms with Crippen LogP contribution in [-0.2, 0) is 0 Å². The highest BCUT2D eigenvalue weighted by Crippen LogP contribution is 2.14. The molecule has 0 spiro atoms. The zero-order valence-electron chi connectivity index (χ0n) is 15.8. The maximum Gasteiger partial charge on any atom is 0.265 e. The molecule has 0 aliphatic rings. The maximum atomic E-state index is 12.3. The molecule has 0 saturated heterocycles. The molecule has 0 aliphatic heterocycles. The van der Waals surface area contributed by atoms with Crippen LogP contribution in [0.4, 0.5) is 5.69 Å². The molecule has 2 N–H and O–H groups in total. The highest BCUT2D eigenvalue weighted by Gasteiger charge is 2.13. The minimum Gasteiger partial charge on any atom is -0.351 e. The van der Waals surface area contributed by atoms with Gasteiger partial charge in [-0.15, -0.1) is 11.3 Å². The van der Waals surface area contributed by atoms with Crippen molar-refractivity contribution in [1.29, 1.82) is 0 Å². The smallest absolute Gasteiger partial charge is 0.265 e. The Bertz CT molecular complexity index is 701. The van der Waals surface area contributed by atoms with E-state index in [1.165, 1.54) is 11.3 Å². The molecule has 0 bridgehead atoms. The third-order valence-electron chi connectivity index (χ3n) is 4.13. The maximum absolute atomic E-state index is 12.3. The number of carbonyl (C=O) groups excluding carboxylic acids is 2. The van der Waals surface area contributed by atoms with Crippen molar-refractivity contribution in [3.63, 3.8) is 0 Å². The number of anilines is 1. The molecule has 5 nitrogen and oxygen atoms in total. The van der Waals surface area contributed by atoms with Crippen molar-refractivity contribution < 1.29 is 9.59 Å². The van der Waals surface area contributed by atoms with Crippen LogP contribution in [0, 0.1) is 0 Å². The molecule has 0 saturated carbocycles. The van der Waals surface area contributed by atoms with Crippen molar-refractivity contribution in [2.45, 2.75) is 39.8 Å². The predicted octanol–water partition coefficient (Wildman–Crippen LogP) is 3.85. The lowest BCUT2D eigenvalue weighted by Crippen LogP contribution is -2.42. The van der Waals surface area contributed by atoms with Gasteiger partial charge in [-0.25, -0.2) is 0 Å². The topological polar surface area (TPSA) is 61.4 Å². The Balaban J connectivity index is 1.85. The van der Waals surface area contributed by atoms with Crippen LogP contribution < -0.4 is 10.6 Å². The number of hydrogen-bond donors (Lipinski definition) is 2. The Kier molecular flexibility index (Phi) is 7.36. The lowest BCUT2D eigenvalue weighted by atomic mass is 10.2. The van der Waals surface area contributed by atoms with Gasteiger partial charge >= 0.3 is 0 Å². The molecule has 0 radical (unpaired) electrons. The van der Waals surface area contributed by atoms with Crippen LogP contribution in [0.3, 0.4) is 0 Å². The third-order valence-corrected chi connectivity index (χ3v) is 5.00. The molecular formula is C20H27N3O2S. The van der Waals surface area contributed by atoms with Gasteiger partial charge in [-0.1, -0.05) is 6.07 Å². The van der Waals surface area contributed by atoms with Crippen LogP contribution in [0.5, 0.6) is 0 Å². The second-order valence-electron chi connectivity index (χ2n) is 6.69. The van der Waals surface area contributed by atoms with Crippen molar-refractivity contribution in [2.24, 2.45) is 0 Å². The summed E-state index contributed by atoms with van der Waals surface area (Å²) in [7, 11) is 0. The molecule has 1 aromatic carbocycles. The zero-order valence-corrected chi connectivity index (χ0v) is 16.6. The van der Waals surface area contributed by atoms with Gasteiger partial charge in [-0.2, -0.15) is 0 Å². The fourth-order valence-electron chi connectivity index (χ4n) is 2.82. The predicted molar refractivity (Wildman–Crippen MR) is 108 cm³/mol. The molecule has 0 atom stereocenters. The van der Waals surface area contributed by atoms with E-state index in [1.54, 1.807) is 30.3 Å². The average Bonchev–Trinajstić information content (AvgIpc) is 3.13. The van der Waals surface area contributed by atoms with Gasteiger partial charge in [0.15, 0.2) is 0 Å². The van der Waals surface area contributed by atoms with E-state index >= 15 is 0 Å². The standard InChI is InChI=1S/C20H27N3O2S/c1-14(2)23(15(3)4)12-11-21-19(24)16-7-9-17(10-8-16)22-20(25)18-6-5-13-26-18/h5-10,13-15H,11-12H2,1-4H3,(H,21,24)(H,22,25). The van der Waals surface area contributed by atoms with E-state index in [9.17, 15) is 9.59 Å². The van der Waals surface area contributed by atoms with Crippen LogP contribution in [0.25, 0.3) is 0 Å². The fraction of sp³-hybridized carbons (Fsp3) is 0.400. The molecule has 6 heteroatoms. The van der Waals surface area contributed by atoms with Crippen LogP contribution in [-0.4, -0.2) is 41.9 Å². The number of amides is 2. The van der Waals surface area contributed by atoms with E-state index in [2.05, 4.69) is 43.2 Å². The van der Waals surface area contributed by atoms with Gasteiger partial charge in [0.1, 0.15) is 0 Å². The van der Waals surface area contributed by atoms with E-state index in [0.717, 1.165) is 6.54 Å². The molecule has 2 amide bonds. The second kappa shape index (κ2) is 9.50. The summed E-state index contributed by atoms with van der Waals surface area (Å²) in [5.74, 6) is -0.242. The number of nitrogens with one attached hydrogen (secondary N) is 2. The summed E-state index contributed by atoms with van der Waals surface area (Å²) < 4.78 is 0. The molecule has 0 unspecified atom stereocenters. The van der Waals surface area contributed by atoms with Gasteiger partial charge in [0.25, 0.3) is 11.8 Å². The van der Waals surface area contributed by atoms with Gasteiger partial charge in [0.2, 0.25) is 0 Å². The number of rotatable bonds is 8. The second-order valence-corrected chi connectivity index (χ2v) is 7.64. The lowest BCUT2D eigenvalue weighted by molar-refractivity contribution is 0.0939. The Labute approximate surface area is 159 Å². The quantitative estimate of drug-likeness (QED) is 0.739. The number of hydrogen-bond acceptors (Lipinski definition) is 4. The van der Waals surface area contributed by atoms with E-state index in [0.29, 0.717) is 34.8 Å². The first-order valence-electron chi connectivity index (χ1n) is 8.87. The SMILES string of the molecule is CC(C)N(CCNC(=O)c1ccc(NC(=O)c2cccs2)cc1)C(C)C. The van der Waals surface area contributed by atoms with Crippen LogP contribution in [0.2, 0.25) is 0 Å². The Hall–Kier alpha value is -2.18. The highest BCUT2D eigenvalue weighted by atomic mass is 32.1. The minimum atomic E-state index is -0.139. The number of nitrogens with zero attached hydrogens (tertiary/aromatic N) is 1. The first-order valence-corrected chi connectivity index (χ1v) is 9.75. The van der Waals surface area contributed by atoms with Crippen molar-refractivity contribution in [3.8, 4) is 0 Å². The van der Waals surface area contributed by atoms with Gasteiger partial charge in [0, 0.05) is 36.4 Å². The molecule has 140 valence electrons. The van der Waals surface area contributed by atoms with E-state index in [-0.39, 0.29) is 11.8 Å². The van der Waals surface area contributed by atoms with Crippen LogP contribution in [0.15, 0.2) is 41.8 Å². The molecule has 2 aromatic rings. The summed E-state index contributed by atoms with van der Waals surface area (Å²) >= 11 is 1.39.